The second-order valence-corrected chi connectivity index (χ2v) is 6.92. The van der Waals surface area contributed by atoms with Crippen molar-refractivity contribution in [1.82, 2.24) is 26.3 Å². The average molecular weight is 497 g/mol. The first-order valence-electron chi connectivity index (χ1n) is 9.92. The van der Waals surface area contributed by atoms with Crippen LogP contribution < -0.4 is 25.6 Å². The topological polar surface area (TPSA) is 128 Å². The Kier molecular flexibility index (Phi) is 8.07. The molecule has 1 aromatic carbocycles. The summed E-state index contributed by atoms with van der Waals surface area (Å²) in [7, 11) is 1.32. The Labute approximate surface area is 195 Å². The number of amides is 3. The minimum atomic E-state index is -2.83. The molecule has 14 heteroatoms. The van der Waals surface area contributed by atoms with Crippen molar-refractivity contribution in [2.75, 3.05) is 13.7 Å². The summed E-state index contributed by atoms with van der Waals surface area (Å²) in [5, 5.41) is 5.81. The molecule has 35 heavy (non-hydrogen) atoms. The molecule has 186 valence electrons. The zero-order valence-corrected chi connectivity index (χ0v) is 18.3. The van der Waals surface area contributed by atoms with Gasteiger partial charge in [0.2, 0.25) is 5.76 Å². The lowest BCUT2D eigenvalue weighted by Crippen LogP contribution is -2.47. The minimum Gasteiger partial charge on any atom is -0.484 e. The zero-order chi connectivity index (χ0) is 25.5. The summed E-state index contributed by atoms with van der Waals surface area (Å²) in [6.07, 6.45) is -1.65. The van der Waals surface area contributed by atoms with E-state index in [4.69, 9.17) is 14.0 Å². The van der Waals surface area contributed by atoms with Gasteiger partial charge in [-0.1, -0.05) is 12.1 Å². The van der Waals surface area contributed by atoms with Gasteiger partial charge in [-0.3, -0.25) is 15.2 Å². The van der Waals surface area contributed by atoms with Crippen LogP contribution in [0.5, 0.6) is 11.6 Å². The summed E-state index contributed by atoms with van der Waals surface area (Å²) >= 11 is 0. The highest BCUT2D eigenvalue weighted by Gasteiger charge is 2.20. The van der Waals surface area contributed by atoms with E-state index in [-0.39, 0.29) is 28.5 Å². The van der Waals surface area contributed by atoms with Gasteiger partial charge in [-0.2, -0.15) is 0 Å². The van der Waals surface area contributed by atoms with Gasteiger partial charge >= 0.3 is 11.9 Å². The van der Waals surface area contributed by atoms with Crippen LogP contribution in [0.2, 0.25) is 0 Å². The van der Waals surface area contributed by atoms with Gasteiger partial charge in [0.05, 0.1) is 24.9 Å². The standard InChI is InChI=1S/C21H19F4N5O5/c1-10(27-21(32)29-28-20(31)15-7-17(33-2)30-35-15)18-14(23)6-11(8-26-18)12-4-3-5-13(22)19(12)34-9-16(24)25/h3-8,10,16H,9H2,1-2H3,(H,28,31)(H2,27,29,32)/t10-/m1/s1. The first-order valence-corrected chi connectivity index (χ1v) is 9.92. The number of para-hydroxylation sites is 1. The third-order valence-corrected chi connectivity index (χ3v) is 4.47. The lowest BCUT2D eigenvalue weighted by Gasteiger charge is -2.16. The number of hydrogen-bond donors (Lipinski definition) is 3. The van der Waals surface area contributed by atoms with Gasteiger partial charge in [-0.25, -0.2) is 27.8 Å². The van der Waals surface area contributed by atoms with Gasteiger partial charge in [0.15, 0.2) is 11.6 Å². The van der Waals surface area contributed by atoms with Crippen molar-refractivity contribution >= 4 is 11.9 Å². The molecule has 0 aliphatic heterocycles. The SMILES string of the molecule is COc1cc(C(=O)NNC(=O)N[C@H](C)c2ncc(-c3cccc(F)c3OCC(F)F)cc2F)on1. The summed E-state index contributed by atoms with van der Waals surface area (Å²) in [4.78, 5) is 27.9. The van der Waals surface area contributed by atoms with E-state index in [0.717, 1.165) is 12.1 Å². The molecule has 3 amide bonds. The fourth-order valence-corrected chi connectivity index (χ4v) is 2.88. The number of methoxy groups -OCH3 is 1. The molecule has 0 spiro atoms. The van der Waals surface area contributed by atoms with Crippen molar-refractivity contribution in [1.29, 1.82) is 0 Å². The smallest absolute Gasteiger partial charge is 0.334 e. The molecule has 0 fully saturated rings. The van der Waals surface area contributed by atoms with Gasteiger partial charge in [-0.05, 0) is 24.2 Å². The number of pyridine rings is 1. The molecule has 0 bridgehead atoms. The van der Waals surface area contributed by atoms with Gasteiger partial charge in [0, 0.05) is 17.3 Å². The first-order chi connectivity index (χ1) is 16.7. The zero-order valence-electron chi connectivity index (χ0n) is 18.3. The van der Waals surface area contributed by atoms with E-state index in [1.807, 2.05) is 0 Å². The summed E-state index contributed by atoms with van der Waals surface area (Å²) in [6, 6.07) is 4.03. The second kappa shape index (κ2) is 11.2. The predicted octanol–water partition coefficient (Wildman–Crippen LogP) is 3.37. The van der Waals surface area contributed by atoms with E-state index in [2.05, 4.69) is 26.3 Å². The number of hydrazine groups is 1. The number of aromatic nitrogens is 2. The molecule has 0 aliphatic rings. The molecule has 2 heterocycles. The molecule has 2 aromatic heterocycles. The van der Waals surface area contributed by atoms with E-state index < -0.39 is 48.4 Å². The molecule has 10 nitrogen and oxygen atoms in total. The Balaban J connectivity index is 1.65. The summed E-state index contributed by atoms with van der Waals surface area (Å²) in [5.74, 6) is -3.22. The van der Waals surface area contributed by atoms with Crippen molar-refractivity contribution < 1.29 is 41.1 Å². The number of alkyl halides is 2. The van der Waals surface area contributed by atoms with E-state index >= 15 is 0 Å². The average Bonchev–Trinajstić information content (AvgIpc) is 3.31. The number of nitrogens with zero attached hydrogens (tertiary/aromatic N) is 2. The molecule has 0 aliphatic carbocycles. The maximum absolute atomic E-state index is 14.8. The quantitative estimate of drug-likeness (QED) is 0.322. The number of urea groups is 1. The third-order valence-electron chi connectivity index (χ3n) is 4.47. The third kappa shape index (κ3) is 6.37. The minimum absolute atomic E-state index is 0.0220. The Hall–Kier alpha value is -4.36. The highest BCUT2D eigenvalue weighted by molar-refractivity contribution is 5.92. The molecule has 3 aromatic rings. The van der Waals surface area contributed by atoms with E-state index in [1.165, 1.54) is 38.4 Å². The van der Waals surface area contributed by atoms with Crippen LogP contribution >= 0.6 is 0 Å². The molecular weight excluding hydrogens is 478 g/mol. The molecule has 3 rings (SSSR count). The predicted molar refractivity (Wildman–Crippen MR) is 112 cm³/mol. The van der Waals surface area contributed by atoms with Crippen LogP contribution in [0.4, 0.5) is 22.4 Å². The number of halogens is 4. The molecule has 3 N–H and O–H groups in total. The Bertz CT molecular complexity index is 1210. The molecule has 0 saturated carbocycles. The summed E-state index contributed by atoms with van der Waals surface area (Å²) in [6.45, 7) is 0.381. The van der Waals surface area contributed by atoms with Crippen LogP contribution in [-0.2, 0) is 0 Å². The first kappa shape index (κ1) is 25.3. The van der Waals surface area contributed by atoms with E-state index in [9.17, 15) is 27.2 Å². The van der Waals surface area contributed by atoms with Crippen molar-refractivity contribution in [2.45, 2.75) is 19.4 Å². The monoisotopic (exact) mass is 497 g/mol. The normalized spacial score (nSPS) is 11.6. The van der Waals surface area contributed by atoms with Crippen molar-refractivity contribution in [3.05, 3.63) is 59.6 Å². The van der Waals surface area contributed by atoms with Crippen LogP contribution in [0.3, 0.4) is 0 Å². The fraction of sp³-hybridized carbons (Fsp3) is 0.238. The number of benzene rings is 1. The van der Waals surface area contributed by atoms with Crippen molar-refractivity contribution in [3.8, 4) is 22.8 Å². The fourth-order valence-electron chi connectivity index (χ4n) is 2.88. The highest BCUT2D eigenvalue weighted by Crippen LogP contribution is 2.33. The van der Waals surface area contributed by atoms with Crippen molar-refractivity contribution in [3.63, 3.8) is 0 Å². The number of hydrogen-bond acceptors (Lipinski definition) is 7. The molecular formula is C21H19F4N5O5. The van der Waals surface area contributed by atoms with Gasteiger partial charge in [-0.15, -0.1) is 0 Å². The van der Waals surface area contributed by atoms with Crippen LogP contribution in [0.25, 0.3) is 11.1 Å². The van der Waals surface area contributed by atoms with Crippen LogP contribution in [0.15, 0.2) is 41.1 Å². The number of rotatable bonds is 8. The van der Waals surface area contributed by atoms with Gasteiger partial charge < -0.3 is 19.3 Å². The Morgan fingerprint density at radius 2 is 1.91 bits per heavy atom. The van der Waals surface area contributed by atoms with Crippen molar-refractivity contribution in [2.24, 2.45) is 0 Å². The lowest BCUT2D eigenvalue weighted by molar-refractivity contribution is 0.0802. The van der Waals surface area contributed by atoms with Gasteiger partial charge in [0.25, 0.3) is 12.3 Å². The maximum Gasteiger partial charge on any atom is 0.334 e. The second-order valence-electron chi connectivity index (χ2n) is 6.92. The number of ether oxygens (including phenoxy) is 2. The molecule has 1 atom stereocenters. The molecule has 0 saturated heterocycles. The largest absolute Gasteiger partial charge is 0.484 e. The number of carbonyl (C=O) groups excluding carboxylic acids is 2. The van der Waals surface area contributed by atoms with E-state index in [1.54, 1.807) is 0 Å². The van der Waals surface area contributed by atoms with Crippen LogP contribution in [0, 0.1) is 11.6 Å². The van der Waals surface area contributed by atoms with E-state index in [0.29, 0.717) is 0 Å². The van der Waals surface area contributed by atoms with Crippen LogP contribution in [0.1, 0.15) is 29.2 Å². The molecule has 0 radical (unpaired) electrons. The lowest BCUT2D eigenvalue weighted by atomic mass is 10.0. The highest BCUT2D eigenvalue weighted by atomic mass is 19.3. The van der Waals surface area contributed by atoms with Gasteiger partial charge in [0.1, 0.15) is 12.4 Å². The number of nitrogens with one attached hydrogen (secondary N) is 3. The summed E-state index contributed by atoms with van der Waals surface area (Å²) in [5.41, 5.74) is 4.03. The summed E-state index contributed by atoms with van der Waals surface area (Å²) < 4.78 is 68.2. The number of carbonyl (C=O) groups is 2. The maximum atomic E-state index is 14.8. The Morgan fingerprint density at radius 1 is 1.14 bits per heavy atom. The van der Waals surface area contributed by atoms with Crippen LogP contribution in [-0.4, -0.2) is 42.2 Å². The Morgan fingerprint density at radius 3 is 2.57 bits per heavy atom. The molecule has 0 unspecified atom stereocenters.